The molecule has 6 nitrogen and oxygen atoms in total. The van der Waals surface area contributed by atoms with Gasteiger partial charge in [0.15, 0.2) is 11.4 Å². The summed E-state index contributed by atoms with van der Waals surface area (Å²) in [6.45, 7) is 2.04. The lowest BCUT2D eigenvalue weighted by atomic mass is 9.82. The molecule has 1 aliphatic rings. The summed E-state index contributed by atoms with van der Waals surface area (Å²) in [7, 11) is 0. The lowest BCUT2D eigenvalue weighted by Crippen LogP contribution is -2.22. The van der Waals surface area contributed by atoms with Gasteiger partial charge in [-0.3, -0.25) is 4.79 Å². The van der Waals surface area contributed by atoms with Crippen LogP contribution in [0.4, 0.5) is 0 Å². The van der Waals surface area contributed by atoms with Gasteiger partial charge >= 0.3 is 5.97 Å². The summed E-state index contributed by atoms with van der Waals surface area (Å²) >= 11 is 0. The number of nitrogens with zero attached hydrogens (tertiary/aromatic N) is 3. The molecule has 0 saturated carbocycles. The molecule has 1 aliphatic carbocycles. The maximum Gasteiger partial charge on any atom is 0.343 e. The number of esters is 1. The molecule has 0 spiro atoms. The van der Waals surface area contributed by atoms with Crippen LogP contribution in [0.1, 0.15) is 51.2 Å². The molecule has 4 rings (SSSR count). The molecule has 126 valence electrons. The van der Waals surface area contributed by atoms with Crippen molar-refractivity contribution in [2.45, 2.75) is 25.7 Å². The van der Waals surface area contributed by atoms with E-state index in [2.05, 4.69) is 10.1 Å². The van der Waals surface area contributed by atoms with Crippen LogP contribution in [-0.4, -0.2) is 33.0 Å². The number of carbonyl (C=O) groups is 2. The molecular formula is C19H17N3O3. The first-order chi connectivity index (χ1) is 12.2. The lowest BCUT2D eigenvalue weighted by molar-refractivity contribution is 0.0528. The highest BCUT2D eigenvalue weighted by Crippen LogP contribution is 2.32. The van der Waals surface area contributed by atoms with Gasteiger partial charge in [-0.05, 0) is 24.8 Å². The van der Waals surface area contributed by atoms with Crippen molar-refractivity contribution in [2.75, 3.05) is 6.61 Å². The minimum atomic E-state index is -0.452. The minimum Gasteiger partial charge on any atom is -0.462 e. The first kappa shape index (κ1) is 15.5. The average molecular weight is 335 g/mol. The molecule has 1 aromatic carbocycles. The van der Waals surface area contributed by atoms with Crippen molar-refractivity contribution >= 4 is 17.4 Å². The van der Waals surface area contributed by atoms with Crippen LogP contribution >= 0.6 is 0 Å². The first-order valence-corrected chi connectivity index (χ1v) is 8.30. The molecule has 0 fully saturated rings. The molecule has 1 unspecified atom stereocenters. The first-order valence-electron chi connectivity index (χ1n) is 8.30. The van der Waals surface area contributed by atoms with E-state index in [1.165, 1.54) is 6.20 Å². The highest BCUT2D eigenvalue weighted by molar-refractivity contribution is 6.00. The van der Waals surface area contributed by atoms with Crippen LogP contribution < -0.4 is 0 Å². The number of carbonyl (C=O) groups excluding carboxylic acids is 2. The molecule has 6 heteroatoms. The standard InChI is InChI=1S/C19H17N3O3/c1-2-25-19(24)15-11-21-22-16-8-13(12-6-4-3-5-7-12)9-17(23)14(16)10-20-18(15)22/h3-7,10-11,13H,2,8-9H2,1H3. The van der Waals surface area contributed by atoms with Gasteiger partial charge in [0, 0.05) is 12.6 Å². The maximum atomic E-state index is 12.6. The Morgan fingerprint density at radius 1 is 1.24 bits per heavy atom. The van der Waals surface area contributed by atoms with Crippen LogP contribution in [0.3, 0.4) is 0 Å². The quantitative estimate of drug-likeness (QED) is 0.688. The summed E-state index contributed by atoms with van der Waals surface area (Å²) in [6.07, 6.45) is 4.14. The van der Waals surface area contributed by atoms with E-state index in [1.807, 2.05) is 30.3 Å². The molecule has 0 radical (unpaired) electrons. The molecule has 1 atom stereocenters. The SMILES string of the molecule is CCOC(=O)c1cnn2c3c(cnc12)C(=O)CC(c1ccccc1)C3. The molecule has 0 aliphatic heterocycles. The Bertz CT molecular complexity index is 963. The van der Waals surface area contributed by atoms with Crippen LogP contribution in [0, 0.1) is 0 Å². The van der Waals surface area contributed by atoms with Gasteiger partial charge in [-0.25, -0.2) is 14.3 Å². The van der Waals surface area contributed by atoms with Crippen LogP contribution in [0.2, 0.25) is 0 Å². The summed E-state index contributed by atoms with van der Waals surface area (Å²) in [4.78, 5) is 28.9. The summed E-state index contributed by atoms with van der Waals surface area (Å²) in [5, 5.41) is 4.30. The number of ether oxygens (including phenoxy) is 1. The van der Waals surface area contributed by atoms with E-state index in [0.717, 1.165) is 11.3 Å². The number of aromatic nitrogens is 3. The van der Waals surface area contributed by atoms with Gasteiger partial charge in [-0.15, -0.1) is 0 Å². The van der Waals surface area contributed by atoms with Gasteiger partial charge in [0.2, 0.25) is 0 Å². The average Bonchev–Trinajstić information content (AvgIpc) is 3.07. The molecule has 0 N–H and O–H groups in total. The van der Waals surface area contributed by atoms with E-state index < -0.39 is 5.97 Å². The molecule has 2 aromatic heterocycles. The summed E-state index contributed by atoms with van der Waals surface area (Å²) in [5.41, 5.74) is 3.26. The normalized spacial score (nSPS) is 16.7. The summed E-state index contributed by atoms with van der Waals surface area (Å²) < 4.78 is 6.66. The second-order valence-corrected chi connectivity index (χ2v) is 6.07. The number of hydrogen-bond acceptors (Lipinski definition) is 5. The number of hydrogen-bond donors (Lipinski definition) is 0. The third kappa shape index (κ3) is 2.59. The van der Waals surface area contributed by atoms with E-state index in [-0.39, 0.29) is 18.3 Å². The van der Waals surface area contributed by atoms with Crippen molar-refractivity contribution in [3.8, 4) is 0 Å². The zero-order valence-corrected chi connectivity index (χ0v) is 13.8. The topological polar surface area (TPSA) is 73.6 Å². The van der Waals surface area contributed by atoms with Gasteiger partial charge in [0.25, 0.3) is 0 Å². The Morgan fingerprint density at radius 2 is 2.04 bits per heavy atom. The number of fused-ring (bicyclic) bond motifs is 3. The predicted molar refractivity (Wildman–Crippen MR) is 90.8 cm³/mol. The third-order valence-electron chi connectivity index (χ3n) is 4.56. The summed E-state index contributed by atoms with van der Waals surface area (Å²) in [6, 6.07) is 9.99. The van der Waals surface area contributed by atoms with E-state index in [4.69, 9.17) is 4.74 Å². The Hall–Kier alpha value is -3.02. The third-order valence-corrected chi connectivity index (χ3v) is 4.56. The van der Waals surface area contributed by atoms with Crippen LogP contribution in [-0.2, 0) is 11.2 Å². The largest absolute Gasteiger partial charge is 0.462 e. The number of benzene rings is 1. The second kappa shape index (κ2) is 6.12. The van der Waals surface area contributed by atoms with Gasteiger partial charge in [-0.1, -0.05) is 30.3 Å². The monoisotopic (exact) mass is 335 g/mol. The highest BCUT2D eigenvalue weighted by atomic mass is 16.5. The van der Waals surface area contributed by atoms with Crippen molar-refractivity contribution in [1.29, 1.82) is 0 Å². The molecule has 0 bridgehead atoms. The van der Waals surface area contributed by atoms with Crippen molar-refractivity contribution in [3.05, 3.63) is 65.1 Å². The van der Waals surface area contributed by atoms with Crippen molar-refractivity contribution in [3.63, 3.8) is 0 Å². The molecular weight excluding hydrogens is 318 g/mol. The number of Topliss-reactive ketones (excluding diaryl/α,β-unsaturated/α-hetero) is 1. The smallest absolute Gasteiger partial charge is 0.343 e. The van der Waals surface area contributed by atoms with Crippen LogP contribution in [0.25, 0.3) is 5.65 Å². The Balaban J connectivity index is 1.80. The maximum absolute atomic E-state index is 12.6. The second-order valence-electron chi connectivity index (χ2n) is 6.07. The fourth-order valence-electron chi connectivity index (χ4n) is 3.36. The van der Waals surface area contributed by atoms with Gasteiger partial charge in [0.05, 0.1) is 24.1 Å². The minimum absolute atomic E-state index is 0.0534. The highest BCUT2D eigenvalue weighted by Gasteiger charge is 2.30. The molecule has 0 saturated heterocycles. The fourth-order valence-corrected chi connectivity index (χ4v) is 3.36. The number of ketones is 1. The van der Waals surface area contributed by atoms with Crippen molar-refractivity contribution in [2.24, 2.45) is 0 Å². The molecule has 25 heavy (non-hydrogen) atoms. The van der Waals surface area contributed by atoms with E-state index in [1.54, 1.807) is 17.6 Å². The Labute approximate surface area is 144 Å². The molecule has 0 amide bonds. The van der Waals surface area contributed by atoms with Gasteiger partial charge < -0.3 is 4.74 Å². The Morgan fingerprint density at radius 3 is 2.80 bits per heavy atom. The zero-order valence-electron chi connectivity index (χ0n) is 13.8. The molecule has 3 aromatic rings. The van der Waals surface area contributed by atoms with E-state index >= 15 is 0 Å². The number of rotatable bonds is 3. The van der Waals surface area contributed by atoms with E-state index in [9.17, 15) is 9.59 Å². The Kier molecular flexibility index (Phi) is 3.80. The van der Waals surface area contributed by atoms with Crippen LogP contribution in [0.15, 0.2) is 42.7 Å². The van der Waals surface area contributed by atoms with E-state index in [0.29, 0.717) is 29.6 Å². The van der Waals surface area contributed by atoms with Crippen LogP contribution in [0.5, 0.6) is 0 Å². The van der Waals surface area contributed by atoms with Crippen molar-refractivity contribution < 1.29 is 14.3 Å². The zero-order chi connectivity index (χ0) is 17.4. The lowest BCUT2D eigenvalue weighted by Gasteiger charge is -2.24. The van der Waals surface area contributed by atoms with Crippen molar-refractivity contribution in [1.82, 2.24) is 14.6 Å². The summed E-state index contributed by atoms with van der Waals surface area (Å²) in [5.74, 6) is -0.300. The fraction of sp³-hybridized carbons (Fsp3) is 0.263. The van der Waals surface area contributed by atoms with Gasteiger partial charge in [-0.2, -0.15) is 5.10 Å². The predicted octanol–water partition coefficient (Wildman–Crippen LogP) is 2.82. The molecule has 2 heterocycles. The van der Waals surface area contributed by atoms with Gasteiger partial charge in [0.1, 0.15) is 5.56 Å².